The minimum atomic E-state index is -0.723. The Morgan fingerprint density at radius 1 is 0.889 bits per heavy atom. The summed E-state index contributed by atoms with van der Waals surface area (Å²) >= 11 is 0. The third-order valence-corrected chi connectivity index (χ3v) is 11.4. The highest BCUT2D eigenvalue weighted by Crippen LogP contribution is 2.38. The molecule has 4 aromatic heterocycles. The number of aromatic nitrogens is 4. The number of benzene rings is 2. The lowest BCUT2D eigenvalue weighted by Crippen LogP contribution is -2.41. The highest BCUT2D eigenvalue weighted by molar-refractivity contribution is 5.98. The molecule has 0 unspecified atom stereocenters. The summed E-state index contributed by atoms with van der Waals surface area (Å²) in [5.41, 5.74) is 5.48. The van der Waals surface area contributed by atoms with Gasteiger partial charge in [-0.25, -0.2) is 9.97 Å². The molecule has 2 atom stereocenters. The highest BCUT2D eigenvalue weighted by Gasteiger charge is 2.30. The number of aliphatic hydroxyl groups excluding tert-OH is 1. The van der Waals surface area contributed by atoms with E-state index in [4.69, 9.17) is 24.2 Å². The standard InChI is InChI=1S/C50H57N5O8/c1-32(23-42(57)37-15-11-8-12-16-37)40-20-19-38-25-41(54(48(38)51-40)29-34-17-18-34)47-33(2)55-43(52-47)26-39(27-44(55)61-6)49(60)53(30-46(59)62-31-35-13-9-7-10-14-35)28-36(21-22-56)24-45(58)63-50(3,4)5/h7-16,19-20,25-27,32,34,36,56H,17-18,21-24,28-31H2,1-6H3/t32-,36-/m0/s1. The van der Waals surface area contributed by atoms with Gasteiger partial charge in [0.2, 0.25) is 0 Å². The Bertz CT molecular complexity index is 2590. The lowest BCUT2D eigenvalue weighted by atomic mass is 9.96. The number of carbonyl (C=O) groups excluding carboxylic acids is 4. The summed E-state index contributed by atoms with van der Waals surface area (Å²) in [7, 11) is 1.53. The van der Waals surface area contributed by atoms with E-state index in [9.17, 15) is 24.3 Å². The number of fused-ring (bicyclic) bond motifs is 2. The van der Waals surface area contributed by atoms with Crippen LogP contribution in [0.25, 0.3) is 28.1 Å². The second-order valence-corrected chi connectivity index (χ2v) is 17.7. The van der Waals surface area contributed by atoms with Crippen LogP contribution in [0.15, 0.2) is 91.0 Å². The summed E-state index contributed by atoms with van der Waals surface area (Å²) < 4.78 is 21.2. The van der Waals surface area contributed by atoms with Crippen molar-refractivity contribution >= 4 is 40.3 Å². The Kier molecular flexibility index (Phi) is 13.7. The summed E-state index contributed by atoms with van der Waals surface area (Å²) in [6.45, 7) is 9.44. The highest BCUT2D eigenvalue weighted by atomic mass is 16.6. The first-order valence-corrected chi connectivity index (χ1v) is 21.7. The Hall–Kier alpha value is -6.34. The van der Waals surface area contributed by atoms with Gasteiger partial charge in [0, 0.05) is 60.3 Å². The van der Waals surface area contributed by atoms with Gasteiger partial charge in [0.1, 0.15) is 35.7 Å². The van der Waals surface area contributed by atoms with Crippen LogP contribution in [0.3, 0.4) is 0 Å². The van der Waals surface area contributed by atoms with Crippen LogP contribution in [-0.2, 0) is 32.2 Å². The summed E-state index contributed by atoms with van der Waals surface area (Å²) in [5, 5.41) is 10.9. The summed E-state index contributed by atoms with van der Waals surface area (Å²) in [6.07, 6.45) is 2.71. The monoisotopic (exact) mass is 855 g/mol. The molecule has 0 bridgehead atoms. The van der Waals surface area contributed by atoms with Gasteiger partial charge < -0.3 is 28.8 Å². The third kappa shape index (κ3) is 11.0. The smallest absolute Gasteiger partial charge is 0.325 e. The average molecular weight is 856 g/mol. The number of esters is 2. The molecule has 330 valence electrons. The van der Waals surface area contributed by atoms with Crippen LogP contribution < -0.4 is 4.74 Å². The van der Waals surface area contributed by atoms with E-state index in [1.807, 2.05) is 85.0 Å². The van der Waals surface area contributed by atoms with Crippen LogP contribution in [-0.4, -0.2) is 85.0 Å². The van der Waals surface area contributed by atoms with Gasteiger partial charge in [-0.1, -0.05) is 67.6 Å². The number of nitrogens with zero attached hydrogens (tertiary/aromatic N) is 5. The second kappa shape index (κ2) is 19.4. The van der Waals surface area contributed by atoms with E-state index in [0.29, 0.717) is 35.1 Å². The summed E-state index contributed by atoms with van der Waals surface area (Å²) in [4.78, 5) is 65.8. The molecule has 0 aliphatic heterocycles. The molecule has 1 saturated carbocycles. The summed E-state index contributed by atoms with van der Waals surface area (Å²) in [5.74, 6) is -1.28. The third-order valence-electron chi connectivity index (χ3n) is 11.4. The maximum absolute atomic E-state index is 14.6. The van der Waals surface area contributed by atoms with E-state index >= 15 is 0 Å². The average Bonchev–Trinajstić information content (AvgIpc) is 3.93. The van der Waals surface area contributed by atoms with E-state index in [1.165, 1.54) is 12.0 Å². The van der Waals surface area contributed by atoms with Crippen molar-refractivity contribution in [2.24, 2.45) is 11.8 Å². The topological polar surface area (TPSA) is 155 Å². The molecular formula is C50H57N5O8. The fourth-order valence-electron chi connectivity index (χ4n) is 7.99. The minimum Gasteiger partial charge on any atom is -0.482 e. The molecule has 13 heteroatoms. The number of Topliss-reactive ketones (excluding diaryl/α,β-unsaturated/α-hetero) is 1. The fraction of sp³-hybridized carbons (Fsp3) is 0.400. The number of rotatable bonds is 19. The predicted octanol–water partition coefficient (Wildman–Crippen LogP) is 8.37. The SMILES string of the molecule is COc1cc(C(=O)N(CC(=O)OCc2ccccc2)C[C@@H](CCO)CC(=O)OC(C)(C)C)cc2nc(-c3cc4ccc([C@@H](C)CC(=O)c5ccccc5)nc4n3CC3CC3)c(C)n12. The van der Waals surface area contributed by atoms with Crippen LogP contribution in [0.2, 0.25) is 0 Å². The van der Waals surface area contributed by atoms with Crippen LogP contribution in [0.4, 0.5) is 0 Å². The van der Waals surface area contributed by atoms with Crippen LogP contribution >= 0.6 is 0 Å². The molecule has 13 nitrogen and oxygen atoms in total. The van der Waals surface area contributed by atoms with Gasteiger partial charge in [0.05, 0.1) is 24.9 Å². The van der Waals surface area contributed by atoms with Gasteiger partial charge in [-0.15, -0.1) is 0 Å². The van der Waals surface area contributed by atoms with Gasteiger partial charge >= 0.3 is 11.9 Å². The van der Waals surface area contributed by atoms with Crippen molar-refractivity contribution in [1.82, 2.24) is 23.8 Å². The predicted molar refractivity (Wildman–Crippen MR) is 240 cm³/mol. The van der Waals surface area contributed by atoms with E-state index in [2.05, 4.69) is 16.7 Å². The number of hydrogen-bond donors (Lipinski definition) is 1. The lowest BCUT2D eigenvalue weighted by Gasteiger charge is -2.28. The maximum Gasteiger partial charge on any atom is 0.325 e. The molecule has 1 amide bonds. The molecule has 1 aliphatic rings. The summed E-state index contributed by atoms with van der Waals surface area (Å²) in [6, 6.07) is 28.0. The number of pyridine rings is 2. The zero-order chi connectivity index (χ0) is 44.8. The number of ketones is 1. The lowest BCUT2D eigenvalue weighted by molar-refractivity contribution is -0.156. The first-order chi connectivity index (χ1) is 30.2. The van der Waals surface area contributed by atoms with E-state index in [0.717, 1.165) is 53.1 Å². The van der Waals surface area contributed by atoms with Gasteiger partial charge in [-0.2, -0.15) is 0 Å². The zero-order valence-corrected chi connectivity index (χ0v) is 37.0. The number of carbonyl (C=O) groups is 4. The number of aliphatic hydroxyl groups is 1. The molecule has 0 spiro atoms. The number of methoxy groups -OCH3 is 1. The first-order valence-electron chi connectivity index (χ1n) is 21.7. The largest absolute Gasteiger partial charge is 0.482 e. The number of hydrogen-bond acceptors (Lipinski definition) is 10. The molecule has 1 fully saturated rings. The van der Waals surface area contributed by atoms with Crippen molar-refractivity contribution in [1.29, 1.82) is 0 Å². The van der Waals surface area contributed by atoms with Crippen LogP contribution in [0.5, 0.6) is 5.88 Å². The molecule has 4 heterocycles. The van der Waals surface area contributed by atoms with E-state index in [1.54, 1.807) is 32.9 Å². The molecule has 7 rings (SSSR count). The van der Waals surface area contributed by atoms with Crippen molar-refractivity contribution in [2.75, 3.05) is 26.8 Å². The quantitative estimate of drug-likeness (QED) is 0.0621. The van der Waals surface area contributed by atoms with Gasteiger partial charge in [0.25, 0.3) is 5.91 Å². The first kappa shape index (κ1) is 44.7. The van der Waals surface area contributed by atoms with E-state index < -0.39 is 35.9 Å². The molecule has 6 aromatic rings. The van der Waals surface area contributed by atoms with E-state index in [-0.39, 0.29) is 49.9 Å². The number of ether oxygens (including phenoxy) is 3. The fourth-order valence-corrected chi connectivity index (χ4v) is 7.99. The molecule has 1 N–H and O–H groups in total. The molecule has 2 aromatic carbocycles. The normalized spacial score (nSPS) is 13.8. The van der Waals surface area contributed by atoms with Gasteiger partial charge in [-0.05, 0) is 88.6 Å². The van der Waals surface area contributed by atoms with Crippen molar-refractivity contribution in [3.05, 3.63) is 119 Å². The Labute approximate surface area is 368 Å². The number of aryl methyl sites for hydroxylation is 1. The Balaban J connectivity index is 1.22. The second-order valence-electron chi connectivity index (χ2n) is 17.7. The van der Waals surface area contributed by atoms with Crippen molar-refractivity contribution in [3.8, 4) is 17.3 Å². The molecular weight excluding hydrogens is 799 g/mol. The molecule has 63 heavy (non-hydrogen) atoms. The zero-order valence-electron chi connectivity index (χ0n) is 37.0. The van der Waals surface area contributed by atoms with Crippen molar-refractivity contribution in [3.63, 3.8) is 0 Å². The van der Waals surface area contributed by atoms with Crippen LogP contribution in [0.1, 0.15) is 103 Å². The van der Waals surface area contributed by atoms with Crippen molar-refractivity contribution < 1.29 is 38.5 Å². The molecule has 0 saturated heterocycles. The van der Waals surface area contributed by atoms with Gasteiger partial charge in [0.15, 0.2) is 11.7 Å². The van der Waals surface area contributed by atoms with Crippen LogP contribution in [0, 0.1) is 18.8 Å². The van der Waals surface area contributed by atoms with Crippen molar-refractivity contribution in [2.45, 2.75) is 91.4 Å². The molecule has 0 radical (unpaired) electrons. The number of imidazole rings is 1. The number of amides is 1. The molecule has 1 aliphatic carbocycles. The maximum atomic E-state index is 14.6. The Morgan fingerprint density at radius 3 is 2.27 bits per heavy atom. The van der Waals surface area contributed by atoms with Gasteiger partial charge in [-0.3, -0.25) is 23.6 Å². The minimum absolute atomic E-state index is 0.0247. The Morgan fingerprint density at radius 2 is 1.60 bits per heavy atom.